The summed E-state index contributed by atoms with van der Waals surface area (Å²) in [7, 11) is 0. The standard InChI is InChI=1S/C29H42N2O6/c1-4-28-13-8-9-16-36-27(35)23(28)22-25(33)31(21(18-32)17-19(2)3)24-26(34)30(20-11-6-5-7-12-20)15-10-14-29(22,24)37-28/h8,10,13-14,19-24,32H,4-7,9,11-12,15-18H2,1-3H3/t21-,22+,23-,24?,28+,29+/m1/s1. The zero-order chi connectivity index (χ0) is 26.4. The van der Waals surface area contributed by atoms with Crippen molar-refractivity contribution in [3.05, 3.63) is 24.3 Å². The molecule has 3 fully saturated rings. The third-order valence-electron chi connectivity index (χ3n) is 9.23. The largest absolute Gasteiger partial charge is 0.465 e. The average molecular weight is 515 g/mol. The molecule has 1 saturated carbocycles. The van der Waals surface area contributed by atoms with Crippen molar-refractivity contribution in [1.82, 2.24) is 9.80 Å². The number of amides is 2. The molecule has 8 nitrogen and oxygen atoms in total. The van der Waals surface area contributed by atoms with Crippen LogP contribution in [0.1, 0.15) is 72.1 Å². The SMILES string of the molecule is CC[C@]12C=CCCOC(=O)[C@H]1[C@H]1C(=O)N([C@@H](CO)CC(C)C)C3C(=O)N(C4CCCCC4)CC=C[C@@]31O2. The highest BCUT2D eigenvalue weighted by molar-refractivity contribution is 5.99. The molecular weight excluding hydrogens is 472 g/mol. The number of likely N-dealkylation sites (tertiary alicyclic amines) is 1. The van der Waals surface area contributed by atoms with Gasteiger partial charge in [-0.2, -0.15) is 0 Å². The number of fused-ring (bicyclic) bond motifs is 2. The Balaban J connectivity index is 1.65. The van der Waals surface area contributed by atoms with Crippen molar-refractivity contribution < 1.29 is 29.0 Å². The van der Waals surface area contributed by atoms with Crippen LogP contribution in [0.3, 0.4) is 0 Å². The van der Waals surface area contributed by atoms with Crippen LogP contribution >= 0.6 is 0 Å². The highest BCUT2D eigenvalue weighted by Crippen LogP contribution is 2.59. The fourth-order valence-electron chi connectivity index (χ4n) is 7.62. The molecular formula is C29H42N2O6. The summed E-state index contributed by atoms with van der Waals surface area (Å²) in [6, 6.07) is -1.35. The number of carbonyl (C=O) groups is 3. The van der Waals surface area contributed by atoms with Crippen LogP contribution in [0.25, 0.3) is 0 Å². The minimum atomic E-state index is -1.30. The maximum Gasteiger partial charge on any atom is 0.313 e. The number of ether oxygens (including phenoxy) is 2. The van der Waals surface area contributed by atoms with Crippen LogP contribution in [0.15, 0.2) is 24.3 Å². The van der Waals surface area contributed by atoms with E-state index >= 15 is 0 Å². The Kier molecular flexibility index (Phi) is 7.26. The van der Waals surface area contributed by atoms with Crippen LogP contribution in [0, 0.1) is 17.8 Å². The highest BCUT2D eigenvalue weighted by atomic mass is 16.6. The van der Waals surface area contributed by atoms with Gasteiger partial charge in [-0.3, -0.25) is 14.4 Å². The van der Waals surface area contributed by atoms with E-state index in [-0.39, 0.29) is 37.0 Å². The Labute approximate surface area is 220 Å². The number of esters is 1. The van der Waals surface area contributed by atoms with Crippen molar-refractivity contribution >= 4 is 17.8 Å². The molecule has 204 valence electrons. The molecule has 6 atom stereocenters. The summed E-state index contributed by atoms with van der Waals surface area (Å²) in [6.45, 7) is 6.49. The van der Waals surface area contributed by atoms with Gasteiger partial charge in [-0.15, -0.1) is 0 Å². The van der Waals surface area contributed by atoms with E-state index in [4.69, 9.17) is 9.47 Å². The Morgan fingerprint density at radius 3 is 2.49 bits per heavy atom. The number of cyclic esters (lactones) is 1. The van der Waals surface area contributed by atoms with E-state index in [1.807, 2.05) is 50.0 Å². The van der Waals surface area contributed by atoms with Crippen LogP contribution in [-0.2, 0) is 23.9 Å². The Bertz CT molecular complexity index is 971. The van der Waals surface area contributed by atoms with E-state index in [0.29, 0.717) is 25.8 Å². The minimum absolute atomic E-state index is 0.120. The molecule has 5 rings (SSSR count). The van der Waals surface area contributed by atoms with Crippen molar-refractivity contribution in [3.63, 3.8) is 0 Å². The van der Waals surface area contributed by atoms with Gasteiger partial charge < -0.3 is 24.4 Å². The second-order valence-electron chi connectivity index (χ2n) is 11.9. The Hall–Kier alpha value is -2.19. The lowest BCUT2D eigenvalue weighted by molar-refractivity contribution is -0.164. The van der Waals surface area contributed by atoms with Crippen LogP contribution in [0.2, 0.25) is 0 Å². The van der Waals surface area contributed by atoms with Gasteiger partial charge in [-0.25, -0.2) is 0 Å². The van der Waals surface area contributed by atoms with Crippen LogP contribution in [0.5, 0.6) is 0 Å². The molecule has 0 radical (unpaired) electrons. The number of nitrogens with zero attached hydrogens (tertiary/aromatic N) is 2. The first-order valence-corrected chi connectivity index (χ1v) is 14.3. The van der Waals surface area contributed by atoms with E-state index in [1.165, 1.54) is 6.42 Å². The molecule has 2 saturated heterocycles. The molecule has 0 aromatic carbocycles. The third kappa shape index (κ3) is 4.15. The van der Waals surface area contributed by atoms with Crippen molar-refractivity contribution in [2.75, 3.05) is 19.8 Å². The predicted octanol–water partition coefficient (Wildman–Crippen LogP) is 2.99. The fraction of sp³-hybridized carbons (Fsp3) is 0.759. The van der Waals surface area contributed by atoms with E-state index in [0.717, 1.165) is 25.7 Å². The number of hydrogen-bond donors (Lipinski definition) is 1. The zero-order valence-electron chi connectivity index (χ0n) is 22.4. The third-order valence-corrected chi connectivity index (χ3v) is 9.23. The zero-order valence-corrected chi connectivity index (χ0v) is 22.4. The lowest BCUT2D eigenvalue weighted by atomic mass is 9.73. The smallest absolute Gasteiger partial charge is 0.313 e. The molecule has 1 aliphatic carbocycles. The lowest BCUT2D eigenvalue weighted by Gasteiger charge is -2.43. The van der Waals surface area contributed by atoms with Gasteiger partial charge in [-0.05, 0) is 38.0 Å². The summed E-state index contributed by atoms with van der Waals surface area (Å²) in [6.07, 6.45) is 14.6. The van der Waals surface area contributed by atoms with Gasteiger partial charge in [0.25, 0.3) is 0 Å². The van der Waals surface area contributed by atoms with E-state index in [9.17, 15) is 19.5 Å². The summed E-state index contributed by atoms with van der Waals surface area (Å²) >= 11 is 0. The maximum atomic E-state index is 14.5. The van der Waals surface area contributed by atoms with Crippen LogP contribution in [-0.4, -0.2) is 81.8 Å². The van der Waals surface area contributed by atoms with Crippen LogP contribution < -0.4 is 0 Å². The molecule has 4 heterocycles. The first-order valence-electron chi connectivity index (χ1n) is 14.3. The van der Waals surface area contributed by atoms with E-state index in [2.05, 4.69) is 0 Å². The summed E-state index contributed by atoms with van der Waals surface area (Å²) < 4.78 is 12.6. The molecule has 1 N–H and O–H groups in total. The number of aliphatic hydroxyl groups is 1. The fourth-order valence-corrected chi connectivity index (χ4v) is 7.62. The monoisotopic (exact) mass is 514 g/mol. The maximum absolute atomic E-state index is 14.5. The molecule has 37 heavy (non-hydrogen) atoms. The summed E-state index contributed by atoms with van der Waals surface area (Å²) in [5.41, 5.74) is -2.32. The topological polar surface area (TPSA) is 96.4 Å². The first kappa shape index (κ1) is 26.4. The second kappa shape index (κ2) is 10.2. The summed E-state index contributed by atoms with van der Waals surface area (Å²) in [4.78, 5) is 46.0. The number of aliphatic hydroxyl groups excluding tert-OH is 1. The molecule has 5 aliphatic rings. The first-order chi connectivity index (χ1) is 17.8. The number of hydrogen-bond acceptors (Lipinski definition) is 6. The normalized spacial score (nSPS) is 37.1. The average Bonchev–Trinajstić information content (AvgIpc) is 3.23. The second-order valence-corrected chi connectivity index (χ2v) is 11.9. The van der Waals surface area contributed by atoms with Gasteiger partial charge in [0.05, 0.1) is 25.2 Å². The molecule has 1 spiro atoms. The predicted molar refractivity (Wildman–Crippen MR) is 137 cm³/mol. The molecule has 0 bridgehead atoms. The van der Waals surface area contributed by atoms with Crippen molar-refractivity contribution in [1.29, 1.82) is 0 Å². The van der Waals surface area contributed by atoms with Gasteiger partial charge >= 0.3 is 5.97 Å². The molecule has 4 aliphatic heterocycles. The van der Waals surface area contributed by atoms with Crippen LogP contribution in [0.4, 0.5) is 0 Å². The molecule has 8 heteroatoms. The molecule has 2 amide bonds. The van der Waals surface area contributed by atoms with E-state index in [1.54, 1.807) is 4.90 Å². The van der Waals surface area contributed by atoms with Gasteiger partial charge in [0.2, 0.25) is 11.8 Å². The highest BCUT2D eigenvalue weighted by Gasteiger charge is 2.76. The molecule has 1 unspecified atom stereocenters. The quantitative estimate of drug-likeness (QED) is 0.433. The summed E-state index contributed by atoms with van der Waals surface area (Å²) in [5, 5.41) is 10.5. The minimum Gasteiger partial charge on any atom is -0.465 e. The number of carbonyl (C=O) groups excluding carboxylic acids is 3. The van der Waals surface area contributed by atoms with Gasteiger partial charge in [0.1, 0.15) is 23.2 Å². The lowest BCUT2D eigenvalue weighted by Crippen LogP contribution is -2.60. The summed E-state index contributed by atoms with van der Waals surface area (Å²) in [5.74, 6) is -2.41. The number of rotatable bonds is 6. The molecule has 0 aromatic rings. The van der Waals surface area contributed by atoms with Gasteiger partial charge in [0.15, 0.2) is 0 Å². The van der Waals surface area contributed by atoms with Crippen molar-refractivity contribution in [2.45, 2.75) is 101 Å². The molecule has 0 aromatic heterocycles. The van der Waals surface area contributed by atoms with Gasteiger partial charge in [-0.1, -0.05) is 64.3 Å². The van der Waals surface area contributed by atoms with Crippen molar-refractivity contribution in [2.24, 2.45) is 17.8 Å². The van der Waals surface area contributed by atoms with E-state index < -0.39 is 41.1 Å². The Morgan fingerprint density at radius 1 is 1.05 bits per heavy atom. The van der Waals surface area contributed by atoms with Crippen molar-refractivity contribution in [3.8, 4) is 0 Å². The van der Waals surface area contributed by atoms with Gasteiger partial charge in [0, 0.05) is 12.6 Å². The Morgan fingerprint density at radius 2 is 1.81 bits per heavy atom.